The fourth-order valence-electron chi connectivity index (χ4n) is 7.23. The average molecular weight is 684 g/mol. The summed E-state index contributed by atoms with van der Waals surface area (Å²) in [7, 11) is 1.80. The second kappa shape index (κ2) is 14.3. The summed E-state index contributed by atoms with van der Waals surface area (Å²) in [5.74, 6) is 0.636. The number of benzene rings is 2. The summed E-state index contributed by atoms with van der Waals surface area (Å²) in [6, 6.07) is 14.3. The normalized spacial score (nSPS) is 19.8. The molecule has 13 heteroatoms. The lowest BCUT2D eigenvalue weighted by atomic mass is 9.95. The molecular formula is C37H46FN9O3. The number of nitrogens with one attached hydrogen (secondary N) is 1. The summed E-state index contributed by atoms with van der Waals surface area (Å²) in [6.45, 7) is 11.3. The van der Waals surface area contributed by atoms with Crippen molar-refractivity contribution in [3.05, 3.63) is 72.4 Å². The topological polar surface area (TPSA) is 127 Å². The van der Waals surface area contributed by atoms with Crippen molar-refractivity contribution in [1.29, 1.82) is 0 Å². The van der Waals surface area contributed by atoms with E-state index in [9.17, 15) is 4.79 Å². The van der Waals surface area contributed by atoms with Crippen molar-refractivity contribution < 1.29 is 18.7 Å². The van der Waals surface area contributed by atoms with E-state index in [1.807, 2.05) is 41.3 Å². The Balaban J connectivity index is 1.07. The zero-order valence-corrected chi connectivity index (χ0v) is 29.0. The Bertz CT molecular complexity index is 1850. The SMILES string of the molecule is CN/C(=C\CC(C)(C)N1CCN(C2COC2)CC1)C(=O)N1CCC[C@@H](n2nc(-c3ccc(Oc4ccccc4)cc3F)c3c(N)ncnc32)C1. The minimum Gasteiger partial charge on any atom is -0.457 e. The number of hydrogen-bond donors (Lipinski definition) is 2. The number of carbonyl (C=O) groups is 1. The van der Waals surface area contributed by atoms with E-state index in [0.717, 1.165) is 58.7 Å². The third-order valence-electron chi connectivity index (χ3n) is 10.3. The van der Waals surface area contributed by atoms with Gasteiger partial charge in [0.1, 0.15) is 35.2 Å². The number of nitrogens with zero attached hydrogens (tertiary/aromatic N) is 7. The van der Waals surface area contributed by atoms with E-state index in [1.165, 1.54) is 12.4 Å². The Morgan fingerprint density at radius 2 is 1.84 bits per heavy atom. The van der Waals surface area contributed by atoms with Crippen LogP contribution in [0.2, 0.25) is 0 Å². The molecule has 4 aromatic rings. The summed E-state index contributed by atoms with van der Waals surface area (Å²) >= 11 is 0. The Morgan fingerprint density at radius 3 is 2.54 bits per heavy atom. The van der Waals surface area contributed by atoms with Crippen LogP contribution in [0.25, 0.3) is 22.3 Å². The molecule has 0 unspecified atom stereocenters. The smallest absolute Gasteiger partial charge is 0.269 e. The number of likely N-dealkylation sites (tertiary alicyclic amines) is 1. The lowest BCUT2D eigenvalue weighted by Gasteiger charge is -2.47. The molecule has 2 aromatic carbocycles. The summed E-state index contributed by atoms with van der Waals surface area (Å²) in [4.78, 5) is 29.6. The first-order valence-corrected chi connectivity index (χ1v) is 17.5. The van der Waals surface area contributed by atoms with Gasteiger partial charge >= 0.3 is 0 Å². The Morgan fingerprint density at radius 1 is 1.06 bits per heavy atom. The fourth-order valence-corrected chi connectivity index (χ4v) is 7.23. The van der Waals surface area contributed by atoms with Gasteiger partial charge in [0, 0.05) is 63.5 Å². The molecule has 0 saturated carbocycles. The fraction of sp³-hybridized carbons (Fsp3) is 0.459. The predicted octanol–water partition coefficient (Wildman–Crippen LogP) is 4.46. The number of nitrogens with two attached hydrogens (primary N) is 1. The van der Waals surface area contributed by atoms with Gasteiger partial charge in [-0.2, -0.15) is 5.10 Å². The van der Waals surface area contributed by atoms with Crippen molar-refractivity contribution in [1.82, 2.24) is 39.8 Å². The van der Waals surface area contributed by atoms with Crippen LogP contribution in [0.5, 0.6) is 11.5 Å². The number of anilines is 1. The number of aromatic nitrogens is 4. The van der Waals surface area contributed by atoms with Crippen LogP contribution >= 0.6 is 0 Å². The van der Waals surface area contributed by atoms with Crippen LogP contribution in [0.1, 0.15) is 39.2 Å². The summed E-state index contributed by atoms with van der Waals surface area (Å²) in [5.41, 5.74) is 7.97. The highest BCUT2D eigenvalue weighted by Crippen LogP contribution is 2.36. The van der Waals surface area contributed by atoms with E-state index in [4.69, 9.17) is 20.3 Å². The molecule has 3 aliphatic heterocycles. The molecule has 12 nitrogen and oxygen atoms in total. The number of piperazine rings is 1. The molecule has 2 aromatic heterocycles. The molecule has 0 aliphatic carbocycles. The maximum Gasteiger partial charge on any atom is 0.269 e. The lowest BCUT2D eigenvalue weighted by molar-refractivity contribution is -0.129. The third-order valence-corrected chi connectivity index (χ3v) is 10.3. The van der Waals surface area contributed by atoms with E-state index >= 15 is 4.39 Å². The molecule has 0 bridgehead atoms. The van der Waals surface area contributed by atoms with Crippen LogP contribution in [-0.2, 0) is 9.53 Å². The first-order chi connectivity index (χ1) is 24.2. The molecule has 1 amide bonds. The Kier molecular flexibility index (Phi) is 9.71. The predicted molar refractivity (Wildman–Crippen MR) is 190 cm³/mol. The molecule has 264 valence electrons. The number of amides is 1. The quantitative estimate of drug-likeness (QED) is 0.232. The number of ether oxygens (including phenoxy) is 2. The van der Waals surface area contributed by atoms with Gasteiger partial charge in [-0.25, -0.2) is 19.0 Å². The first kappa shape index (κ1) is 33.9. The molecule has 3 aliphatic rings. The molecule has 0 radical (unpaired) electrons. The molecular weight excluding hydrogens is 637 g/mol. The first-order valence-electron chi connectivity index (χ1n) is 17.5. The van der Waals surface area contributed by atoms with Gasteiger partial charge in [0.25, 0.3) is 5.91 Å². The molecule has 7 rings (SSSR count). The second-order valence-corrected chi connectivity index (χ2v) is 14.0. The number of carbonyl (C=O) groups excluding carboxylic acids is 1. The van der Waals surface area contributed by atoms with Crippen LogP contribution in [0.15, 0.2) is 66.6 Å². The molecule has 5 heterocycles. The number of para-hydroxylation sites is 1. The number of halogens is 1. The summed E-state index contributed by atoms with van der Waals surface area (Å²) < 4.78 is 28.7. The van der Waals surface area contributed by atoms with Crippen LogP contribution in [-0.4, -0.2) is 111 Å². The van der Waals surface area contributed by atoms with Crippen molar-refractivity contribution in [2.45, 2.75) is 50.7 Å². The van der Waals surface area contributed by atoms with Gasteiger partial charge in [0.15, 0.2) is 5.65 Å². The number of fused-ring (bicyclic) bond motifs is 1. The van der Waals surface area contributed by atoms with E-state index in [0.29, 0.717) is 53.1 Å². The Labute approximate surface area is 292 Å². The highest BCUT2D eigenvalue weighted by molar-refractivity contribution is 5.98. The van der Waals surface area contributed by atoms with Crippen molar-refractivity contribution in [3.63, 3.8) is 0 Å². The maximum absolute atomic E-state index is 15.7. The molecule has 3 saturated heterocycles. The highest BCUT2D eigenvalue weighted by Gasteiger charge is 2.35. The molecule has 3 N–H and O–H groups in total. The minimum absolute atomic E-state index is 0.0475. The van der Waals surface area contributed by atoms with Crippen LogP contribution in [0, 0.1) is 5.82 Å². The zero-order valence-electron chi connectivity index (χ0n) is 29.0. The average Bonchev–Trinajstić information content (AvgIpc) is 3.49. The number of piperidine rings is 1. The van der Waals surface area contributed by atoms with Gasteiger partial charge in [-0.3, -0.25) is 14.6 Å². The summed E-state index contributed by atoms with van der Waals surface area (Å²) in [5, 5.41) is 8.54. The summed E-state index contributed by atoms with van der Waals surface area (Å²) in [6.07, 6.45) is 5.74. The number of likely N-dealkylation sites (N-methyl/N-ethyl adjacent to an activating group) is 1. The van der Waals surface area contributed by atoms with E-state index in [-0.39, 0.29) is 28.9 Å². The standard InChI is InChI=1S/C37H46FN9O3/c1-37(2,46-18-16-44(17-19-46)26-22-49-23-26)14-13-31(40-3)36(48)45-15-7-8-25(21-45)47-35-32(34(39)41-24-42-35)33(43-47)29-12-11-28(20-30(29)38)50-27-9-5-4-6-10-27/h4-6,9-13,20,24-26,40H,7-8,14-19,21-23H2,1-3H3,(H2,39,41,42)/b31-13-/t25-/m1/s1. The second-order valence-electron chi connectivity index (χ2n) is 14.0. The largest absolute Gasteiger partial charge is 0.457 e. The highest BCUT2D eigenvalue weighted by atomic mass is 19.1. The van der Waals surface area contributed by atoms with Crippen LogP contribution < -0.4 is 15.8 Å². The molecule has 1 atom stereocenters. The number of hydrogen-bond acceptors (Lipinski definition) is 10. The number of rotatable bonds is 10. The van der Waals surface area contributed by atoms with Crippen molar-refractivity contribution in [3.8, 4) is 22.8 Å². The molecule has 50 heavy (non-hydrogen) atoms. The molecule has 0 spiro atoms. The van der Waals surface area contributed by atoms with Crippen molar-refractivity contribution in [2.24, 2.45) is 0 Å². The van der Waals surface area contributed by atoms with Gasteiger partial charge in [-0.1, -0.05) is 24.3 Å². The lowest BCUT2D eigenvalue weighted by Crippen LogP contribution is -2.60. The zero-order chi connectivity index (χ0) is 34.8. The van der Waals surface area contributed by atoms with Crippen LogP contribution in [0.3, 0.4) is 0 Å². The van der Waals surface area contributed by atoms with E-state index in [2.05, 4.69) is 38.9 Å². The number of nitrogen functional groups attached to an aromatic ring is 1. The van der Waals surface area contributed by atoms with E-state index in [1.54, 1.807) is 23.9 Å². The van der Waals surface area contributed by atoms with E-state index < -0.39 is 5.82 Å². The third kappa shape index (κ3) is 6.90. The Hall–Kier alpha value is -4.59. The van der Waals surface area contributed by atoms with Gasteiger partial charge < -0.3 is 25.4 Å². The van der Waals surface area contributed by atoms with Gasteiger partial charge in [-0.05, 0) is 57.4 Å². The van der Waals surface area contributed by atoms with Gasteiger partial charge in [0.05, 0.1) is 36.4 Å². The van der Waals surface area contributed by atoms with Crippen molar-refractivity contribution in [2.75, 3.05) is 65.3 Å². The molecule has 3 fully saturated rings. The van der Waals surface area contributed by atoms with Crippen LogP contribution in [0.4, 0.5) is 10.2 Å². The monoisotopic (exact) mass is 683 g/mol. The minimum atomic E-state index is -0.504. The van der Waals surface area contributed by atoms with Gasteiger partial charge in [0.2, 0.25) is 0 Å². The maximum atomic E-state index is 15.7. The van der Waals surface area contributed by atoms with Gasteiger partial charge in [-0.15, -0.1) is 0 Å². The van der Waals surface area contributed by atoms with Crippen molar-refractivity contribution >= 4 is 22.8 Å².